The SMILES string of the molecule is C=CCOC1O[C@H](CN)C[C@H](O)[C@H]1NC(=O)c1cccc(-c2ccccc2)c1. The van der Waals surface area contributed by atoms with E-state index in [1.165, 1.54) is 0 Å². The van der Waals surface area contributed by atoms with E-state index in [9.17, 15) is 9.90 Å². The fourth-order valence-electron chi connectivity index (χ4n) is 3.25. The number of hydrogen-bond donors (Lipinski definition) is 3. The number of nitrogens with two attached hydrogens (primary N) is 1. The van der Waals surface area contributed by atoms with Gasteiger partial charge in [0.05, 0.1) is 18.8 Å². The molecule has 6 nitrogen and oxygen atoms in total. The molecule has 148 valence electrons. The Kier molecular flexibility index (Phi) is 6.95. The molecule has 6 heteroatoms. The number of rotatable bonds is 7. The van der Waals surface area contributed by atoms with Crippen LogP contribution in [0.5, 0.6) is 0 Å². The number of nitrogens with one attached hydrogen (secondary N) is 1. The zero-order chi connectivity index (χ0) is 19.9. The van der Waals surface area contributed by atoms with Gasteiger partial charge in [0.25, 0.3) is 5.91 Å². The van der Waals surface area contributed by atoms with Crippen molar-refractivity contribution >= 4 is 5.91 Å². The maximum absolute atomic E-state index is 12.8. The normalized spacial score (nSPS) is 24.5. The van der Waals surface area contributed by atoms with Crippen LogP contribution < -0.4 is 11.1 Å². The molecule has 0 spiro atoms. The first kappa shape index (κ1) is 20.2. The average molecular weight is 382 g/mol. The van der Waals surface area contributed by atoms with Crippen LogP contribution in [0.25, 0.3) is 11.1 Å². The van der Waals surface area contributed by atoms with Gasteiger partial charge in [0.1, 0.15) is 6.04 Å². The smallest absolute Gasteiger partial charge is 0.251 e. The molecule has 4 N–H and O–H groups in total. The van der Waals surface area contributed by atoms with E-state index >= 15 is 0 Å². The Morgan fingerprint density at radius 1 is 1.25 bits per heavy atom. The molecule has 0 aliphatic carbocycles. The standard InChI is InChI=1S/C22H26N2O4/c1-2-11-27-22-20(19(25)13-18(14-23)28-22)24-21(26)17-10-6-9-16(12-17)15-7-4-3-5-8-15/h2-10,12,18-20,22,25H,1,11,13-14,23H2,(H,24,26)/t18-,19-,20+,22?/m0/s1. The van der Waals surface area contributed by atoms with Gasteiger partial charge in [0.2, 0.25) is 0 Å². The van der Waals surface area contributed by atoms with Crippen molar-refractivity contribution < 1.29 is 19.4 Å². The Balaban J connectivity index is 1.76. The Morgan fingerprint density at radius 3 is 2.71 bits per heavy atom. The number of amides is 1. The fraction of sp³-hybridized carbons (Fsp3) is 0.318. The van der Waals surface area contributed by atoms with E-state index in [4.69, 9.17) is 15.2 Å². The molecule has 0 aromatic heterocycles. The van der Waals surface area contributed by atoms with Crippen LogP contribution in [0.1, 0.15) is 16.8 Å². The van der Waals surface area contributed by atoms with Gasteiger partial charge in [-0.15, -0.1) is 6.58 Å². The number of aliphatic hydroxyl groups excluding tert-OH is 1. The molecule has 3 rings (SSSR count). The third-order valence-electron chi connectivity index (χ3n) is 4.71. The summed E-state index contributed by atoms with van der Waals surface area (Å²) in [6, 6.07) is 16.5. The van der Waals surface area contributed by atoms with Crippen molar-refractivity contribution in [2.24, 2.45) is 5.73 Å². The van der Waals surface area contributed by atoms with Gasteiger partial charge >= 0.3 is 0 Å². The molecular formula is C22H26N2O4. The summed E-state index contributed by atoms with van der Waals surface area (Å²) in [4.78, 5) is 12.8. The van der Waals surface area contributed by atoms with Gasteiger partial charge in [0.15, 0.2) is 6.29 Å². The van der Waals surface area contributed by atoms with E-state index in [1.807, 2.05) is 48.5 Å². The maximum atomic E-state index is 12.8. The minimum absolute atomic E-state index is 0.241. The summed E-state index contributed by atoms with van der Waals surface area (Å²) in [5.74, 6) is -0.302. The summed E-state index contributed by atoms with van der Waals surface area (Å²) in [7, 11) is 0. The number of carbonyl (C=O) groups excluding carboxylic acids is 1. The van der Waals surface area contributed by atoms with Crippen LogP contribution in [0.2, 0.25) is 0 Å². The quantitative estimate of drug-likeness (QED) is 0.638. The predicted octanol–water partition coefficient (Wildman–Crippen LogP) is 2.09. The molecule has 0 bridgehead atoms. The Labute approximate surface area is 165 Å². The first-order valence-electron chi connectivity index (χ1n) is 9.34. The second kappa shape index (κ2) is 9.61. The number of aliphatic hydroxyl groups is 1. The van der Waals surface area contributed by atoms with E-state index in [1.54, 1.807) is 12.1 Å². The zero-order valence-corrected chi connectivity index (χ0v) is 15.7. The number of ether oxygens (including phenoxy) is 2. The van der Waals surface area contributed by atoms with E-state index in [0.29, 0.717) is 12.0 Å². The minimum atomic E-state index is -0.821. The van der Waals surface area contributed by atoms with Crippen LogP contribution in [0.4, 0.5) is 0 Å². The molecular weight excluding hydrogens is 356 g/mol. The highest BCUT2D eigenvalue weighted by molar-refractivity contribution is 5.95. The van der Waals surface area contributed by atoms with Crippen molar-refractivity contribution in [3.05, 3.63) is 72.8 Å². The van der Waals surface area contributed by atoms with E-state index in [2.05, 4.69) is 11.9 Å². The van der Waals surface area contributed by atoms with Crippen LogP contribution >= 0.6 is 0 Å². The lowest BCUT2D eigenvalue weighted by atomic mass is 9.98. The zero-order valence-electron chi connectivity index (χ0n) is 15.7. The second-order valence-electron chi connectivity index (χ2n) is 6.73. The molecule has 1 aliphatic rings. The maximum Gasteiger partial charge on any atom is 0.251 e. The third-order valence-corrected chi connectivity index (χ3v) is 4.71. The van der Waals surface area contributed by atoms with Crippen LogP contribution in [0, 0.1) is 0 Å². The van der Waals surface area contributed by atoms with Crippen molar-refractivity contribution in [3.8, 4) is 11.1 Å². The van der Waals surface area contributed by atoms with Crippen molar-refractivity contribution in [1.82, 2.24) is 5.32 Å². The van der Waals surface area contributed by atoms with Crippen LogP contribution in [0.15, 0.2) is 67.3 Å². The lowest BCUT2D eigenvalue weighted by Gasteiger charge is -2.39. The number of hydrogen-bond acceptors (Lipinski definition) is 5. The molecule has 0 radical (unpaired) electrons. The number of carbonyl (C=O) groups is 1. The van der Waals surface area contributed by atoms with Gasteiger partial charge in [0, 0.05) is 18.5 Å². The molecule has 2 aromatic rings. The van der Waals surface area contributed by atoms with E-state index in [-0.39, 0.29) is 25.2 Å². The van der Waals surface area contributed by atoms with Crippen molar-refractivity contribution in [2.45, 2.75) is 31.0 Å². The number of benzene rings is 2. The molecule has 1 aliphatic heterocycles. The molecule has 4 atom stereocenters. The highest BCUT2D eigenvalue weighted by Gasteiger charge is 2.39. The Hall–Kier alpha value is -2.51. The van der Waals surface area contributed by atoms with Gasteiger partial charge in [-0.3, -0.25) is 4.79 Å². The van der Waals surface area contributed by atoms with Gasteiger partial charge in [-0.2, -0.15) is 0 Å². The van der Waals surface area contributed by atoms with Crippen LogP contribution in [-0.4, -0.2) is 48.7 Å². The summed E-state index contributed by atoms with van der Waals surface area (Å²) >= 11 is 0. The predicted molar refractivity (Wildman–Crippen MR) is 108 cm³/mol. The highest BCUT2D eigenvalue weighted by atomic mass is 16.7. The molecule has 1 fully saturated rings. The third kappa shape index (κ3) is 4.85. The molecule has 1 unspecified atom stereocenters. The lowest BCUT2D eigenvalue weighted by Crippen LogP contribution is -2.58. The molecule has 1 saturated heterocycles. The average Bonchev–Trinajstić information content (AvgIpc) is 2.74. The second-order valence-corrected chi connectivity index (χ2v) is 6.73. The van der Waals surface area contributed by atoms with E-state index in [0.717, 1.165) is 11.1 Å². The van der Waals surface area contributed by atoms with Crippen LogP contribution in [-0.2, 0) is 9.47 Å². The first-order chi connectivity index (χ1) is 13.6. The summed E-state index contributed by atoms with van der Waals surface area (Å²) in [5, 5.41) is 13.4. The summed E-state index contributed by atoms with van der Waals surface area (Å²) in [5.41, 5.74) is 8.13. The van der Waals surface area contributed by atoms with E-state index < -0.39 is 18.4 Å². The lowest BCUT2D eigenvalue weighted by molar-refractivity contribution is -0.222. The van der Waals surface area contributed by atoms with Gasteiger partial charge < -0.3 is 25.6 Å². The topological polar surface area (TPSA) is 93.8 Å². The van der Waals surface area contributed by atoms with Crippen molar-refractivity contribution in [3.63, 3.8) is 0 Å². The molecule has 2 aromatic carbocycles. The van der Waals surface area contributed by atoms with Crippen LogP contribution in [0.3, 0.4) is 0 Å². The Bertz CT molecular complexity index is 796. The molecule has 1 heterocycles. The fourth-order valence-corrected chi connectivity index (χ4v) is 3.25. The van der Waals surface area contributed by atoms with Gasteiger partial charge in [-0.1, -0.05) is 48.5 Å². The first-order valence-corrected chi connectivity index (χ1v) is 9.34. The summed E-state index contributed by atoms with van der Waals surface area (Å²) in [6.07, 6.45) is -0.0157. The summed E-state index contributed by atoms with van der Waals surface area (Å²) < 4.78 is 11.4. The van der Waals surface area contributed by atoms with Crippen molar-refractivity contribution in [1.29, 1.82) is 0 Å². The monoisotopic (exact) mass is 382 g/mol. The Morgan fingerprint density at radius 2 is 2.00 bits per heavy atom. The molecule has 1 amide bonds. The van der Waals surface area contributed by atoms with Gasteiger partial charge in [-0.25, -0.2) is 0 Å². The summed E-state index contributed by atoms with van der Waals surface area (Å²) in [6.45, 7) is 4.13. The minimum Gasteiger partial charge on any atom is -0.391 e. The highest BCUT2D eigenvalue weighted by Crippen LogP contribution is 2.23. The largest absolute Gasteiger partial charge is 0.391 e. The molecule has 28 heavy (non-hydrogen) atoms. The van der Waals surface area contributed by atoms with Crippen molar-refractivity contribution in [2.75, 3.05) is 13.2 Å². The molecule has 0 saturated carbocycles. The van der Waals surface area contributed by atoms with Gasteiger partial charge in [-0.05, 0) is 23.3 Å².